The molecule has 9 nitrogen and oxygen atoms in total. The summed E-state index contributed by atoms with van der Waals surface area (Å²) in [5.41, 5.74) is 1.09. The lowest BCUT2D eigenvalue weighted by atomic mass is 10.1. The van der Waals surface area contributed by atoms with Gasteiger partial charge in [0.15, 0.2) is 11.6 Å². The number of carboxylic acid groups (broad SMARTS) is 1. The zero-order valence-electron chi connectivity index (χ0n) is 18.0. The first-order valence-electron chi connectivity index (χ1n) is 10.2. The summed E-state index contributed by atoms with van der Waals surface area (Å²) in [4.78, 5) is 60.5. The Morgan fingerprint density at radius 3 is 2.49 bits per heavy atom. The number of carbonyl (C=O) groups is 5. The van der Waals surface area contributed by atoms with Gasteiger partial charge in [-0.3, -0.25) is 28.9 Å². The van der Waals surface area contributed by atoms with Crippen molar-refractivity contribution in [1.82, 2.24) is 15.5 Å². The number of hydrogen-bond acceptors (Lipinski definition) is 7. The number of rotatable bonds is 10. The number of carboxylic acids is 1. The van der Waals surface area contributed by atoms with Crippen LogP contribution in [0.1, 0.15) is 17.7 Å². The molecule has 1 aliphatic rings. The quantitative estimate of drug-likeness (QED) is 0.408. The highest BCUT2D eigenvalue weighted by Crippen LogP contribution is 2.35. The summed E-state index contributed by atoms with van der Waals surface area (Å²) in [5, 5.41) is 14.4. The first kappa shape index (κ1) is 26.0. The molecular formula is C22H19F2N3O6S2. The lowest BCUT2D eigenvalue weighted by Gasteiger charge is -2.12. The van der Waals surface area contributed by atoms with Crippen molar-refractivity contribution < 1.29 is 37.9 Å². The first-order chi connectivity index (χ1) is 16.6. The fourth-order valence-electron chi connectivity index (χ4n) is 2.93. The highest BCUT2D eigenvalue weighted by atomic mass is 32.2. The van der Waals surface area contributed by atoms with Crippen molar-refractivity contribution in [2.24, 2.45) is 0 Å². The minimum Gasteiger partial charge on any atom is -0.481 e. The molecule has 0 radical (unpaired) electrons. The van der Waals surface area contributed by atoms with Gasteiger partial charge in [-0.15, -0.1) is 11.3 Å². The average Bonchev–Trinajstić information content (AvgIpc) is 3.37. The van der Waals surface area contributed by atoms with Crippen molar-refractivity contribution in [2.45, 2.75) is 12.8 Å². The number of nitrogens with zero attached hydrogens (tertiary/aromatic N) is 1. The summed E-state index contributed by atoms with van der Waals surface area (Å²) in [5.74, 6) is -4.68. The molecule has 4 amide bonds. The Kier molecular flexibility index (Phi) is 8.71. The Bertz CT molecular complexity index is 1210. The predicted octanol–water partition coefficient (Wildman–Crippen LogP) is 2.83. The predicted molar refractivity (Wildman–Crippen MR) is 125 cm³/mol. The Balaban J connectivity index is 1.52. The molecule has 0 atom stereocenters. The van der Waals surface area contributed by atoms with Gasteiger partial charge in [-0.05, 0) is 52.5 Å². The minimum atomic E-state index is -1.07. The summed E-state index contributed by atoms with van der Waals surface area (Å²) in [6.45, 7) is -0.613. The van der Waals surface area contributed by atoms with Gasteiger partial charge in [0.2, 0.25) is 11.8 Å². The van der Waals surface area contributed by atoms with E-state index in [9.17, 15) is 32.8 Å². The van der Waals surface area contributed by atoms with Gasteiger partial charge in [0, 0.05) is 24.4 Å². The van der Waals surface area contributed by atoms with Gasteiger partial charge in [0.25, 0.3) is 11.1 Å². The lowest BCUT2D eigenvalue weighted by Crippen LogP contribution is -2.39. The molecule has 1 aromatic heterocycles. The van der Waals surface area contributed by atoms with Crippen molar-refractivity contribution >= 4 is 58.1 Å². The maximum absolute atomic E-state index is 13.5. The summed E-state index contributed by atoms with van der Waals surface area (Å²) in [6.07, 6.45) is 1.05. The third-order valence-electron chi connectivity index (χ3n) is 4.69. The molecule has 1 saturated heterocycles. The number of carbonyl (C=O) groups excluding carboxylic acids is 4. The lowest BCUT2D eigenvalue weighted by molar-refractivity contribution is -0.137. The van der Waals surface area contributed by atoms with E-state index in [1.54, 1.807) is 11.4 Å². The van der Waals surface area contributed by atoms with Crippen LogP contribution in [-0.2, 0) is 19.2 Å². The van der Waals surface area contributed by atoms with Crippen LogP contribution in [0.5, 0.6) is 0 Å². The molecule has 2 heterocycles. The molecule has 1 aromatic carbocycles. The van der Waals surface area contributed by atoms with E-state index in [2.05, 4.69) is 10.6 Å². The Morgan fingerprint density at radius 2 is 1.77 bits per heavy atom. The number of benzene rings is 1. The number of halogens is 2. The zero-order valence-corrected chi connectivity index (χ0v) is 19.6. The normalized spacial score (nSPS) is 14.5. The topological polar surface area (TPSA) is 133 Å². The van der Waals surface area contributed by atoms with E-state index in [-0.39, 0.29) is 37.4 Å². The molecule has 0 unspecified atom stereocenters. The SMILES string of the molecule is O=C(O)CCNC(=O)CNC(=O)CCN1C(=O)SC(=Cc2cc(-c3ccc(F)c(F)c3)cs2)C1=O. The van der Waals surface area contributed by atoms with Crippen LogP contribution in [0.2, 0.25) is 0 Å². The molecule has 0 aliphatic carbocycles. The fraction of sp³-hybridized carbons (Fsp3) is 0.227. The third kappa shape index (κ3) is 7.20. The monoisotopic (exact) mass is 523 g/mol. The molecule has 2 aromatic rings. The third-order valence-corrected chi connectivity index (χ3v) is 6.48. The van der Waals surface area contributed by atoms with E-state index in [4.69, 9.17) is 5.11 Å². The molecule has 1 fully saturated rings. The highest BCUT2D eigenvalue weighted by molar-refractivity contribution is 8.18. The largest absolute Gasteiger partial charge is 0.481 e. The summed E-state index contributed by atoms with van der Waals surface area (Å²) >= 11 is 1.98. The number of aliphatic carboxylic acids is 1. The van der Waals surface area contributed by atoms with E-state index >= 15 is 0 Å². The first-order valence-corrected chi connectivity index (χ1v) is 11.9. The number of amides is 4. The van der Waals surface area contributed by atoms with Crippen LogP contribution in [0.15, 0.2) is 34.6 Å². The van der Waals surface area contributed by atoms with Crippen molar-refractivity contribution in [2.75, 3.05) is 19.6 Å². The average molecular weight is 524 g/mol. The van der Waals surface area contributed by atoms with Crippen LogP contribution < -0.4 is 10.6 Å². The molecule has 3 N–H and O–H groups in total. The van der Waals surface area contributed by atoms with Gasteiger partial charge in [0.1, 0.15) is 0 Å². The number of thioether (sulfide) groups is 1. The molecule has 0 saturated carbocycles. The van der Waals surface area contributed by atoms with E-state index < -0.39 is 40.6 Å². The number of hydrogen-bond donors (Lipinski definition) is 3. The number of nitrogens with one attached hydrogen (secondary N) is 2. The number of thiophene rings is 1. The van der Waals surface area contributed by atoms with Gasteiger partial charge in [-0.25, -0.2) is 8.78 Å². The van der Waals surface area contributed by atoms with Crippen LogP contribution in [0, 0.1) is 11.6 Å². The molecule has 13 heteroatoms. The van der Waals surface area contributed by atoms with Gasteiger partial charge < -0.3 is 15.7 Å². The Morgan fingerprint density at radius 1 is 1.00 bits per heavy atom. The molecule has 184 valence electrons. The van der Waals surface area contributed by atoms with Crippen LogP contribution in [0.3, 0.4) is 0 Å². The van der Waals surface area contributed by atoms with Gasteiger partial charge in [-0.1, -0.05) is 6.07 Å². The second-order valence-electron chi connectivity index (χ2n) is 7.22. The van der Waals surface area contributed by atoms with E-state index in [1.807, 2.05) is 0 Å². The molecule has 0 spiro atoms. The van der Waals surface area contributed by atoms with Crippen LogP contribution in [-0.4, -0.2) is 58.6 Å². The van der Waals surface area contributed by atoms with E-state index in [0.29, 0.717) is 16.0 Å². The van der Waals surface area contributed by atoms with Crippen molar-refractivity contribution in [1.29, 1.82) is 0 Å². The molecule has 1 aliphatic heterocycles. The maximum Gasteiger partial charge on any atom is 0.305 e. The molecule has 0 bridgehead atoms. The number of imide groups is 1. The minimum absolute atomic E-state index is 0.0698. The van der Waals surface area contributed by atoms with Crippen LogP contribution in [0.25, 0.3) is 17.2 Å². The summed E-state index contributed by atoms with van der Waals surface area (Å²) in [6, 6.07) is 5.21. The maximum atomic E-state index is 13.5. The Hall–Kier alpha value is -3.58. The van der Waals surface area contributed by atoms with Crippen molar-refractivity contribution in [3.8, 4) is 11.1 Å². The zero-order chi connectivity index (χ0) is 25.5. The van der Waals surface area contributed by atoms with Gasteiger partial charge >= 0.3 is 5.97 Å². The molecule has 3 rings (SSSR count). The summed E-state index contributed by atoms with van der Waals surface area (Å²) in [7, 11) is 0. The van der Waals surface area contributed by atoms with Crippen molar-refractivity contribution in [3.05, 3.63) is 51.1 Å². The molecular weight excluding hydrogens is 504 g/mol. The summed E-state index contributed by atoms with van der Waals surface area (Å²) < 4.78 is 26.6. The smallest absolute Gasteiger partial charge is 0.305 e. The van der Waals surface area contributed by atoms with E-state index in [0.717, 1.165) is 28.8 Å². The van der Waals surface area contributed by atoms with Crippen molar-refractivity contribution in [3.63, 3.8) is 0 Å². The molecule has 35 heavy (non-hydrogen) atoms. The van der Waals surface area contributed by atoms with Gasteiger partial charge in [0.05, 0.1) is 17.9 Å². The Labute approximate surface area is 206 Å². The van der Waals surface area contributed by atoms with Crippen LogP contribution in [0.4, 0.5) is 13.6 Å². The highest BCUT2D eigenvalue weighted by Gasteiger charge is 2.35. The van der Waals surface area contributed by atoms with E-state index in [1.165, 1.54) is 23.5 Å². The fourth-order valence-corrected chi connectivity index (χ4v) is 4.71. The second kappa shape index (κ2) is 11.7. The standard InChI is InChI=1S/C22H19F2N3O6S2/c23-15-2-1-12(8-16(15)24)13-7-14(34-11-13)9-17-21(32)27(22(33)35-17)6-4-18(28)26-10-19(29)25-5-3-20(30)31/h1-2,7-9,11H,3-6,10H2,(H,25,29)(H,26,28)(H,30,31). The second-order valence-corrected chi connectivity index (χ2v) is 9.16. The van der Waals surface area contributed by atoms with Gasteiger partial charge in [-0.2, -0.15) is 0 Å². The van der Waals surface area contributed by atoms with Crippen LogP contribution >= 0.6 is 23.1 Å².